The number of amides is 1. The van der Waals surface area contributed by atoms with Crippen molar-refractivity contribution in [3.63, 3.8) is 0 Å². The summed E-state index contributed by atoms with van der Waals surface area (Å²) in [5.41, 5.74) is 9.36. The smallest absolute Gasteiger partial charge is 0.255 e. The van der Waals surface area contributed by atoms with E-state index < -0.39 is 21.3 Å². The Kier molecular flexibility index (Phi) is 9.54. The van der Waals surface area contributed by atoms with Gasteiger partial charge in [0.15, 0.2) is 5.75 Å². The number of aliphatic hydroxyl groups is 1. The van der Waals surface area contributed by atoms with E-state index in [1.807, 2.05) is 48.6 Å². The summed E-state index contributed by atoms with van der Waals surface area (Å²) in [5.74, 6) is 6.80. The summed E-state index contributed by atoms with van der Waals surface area (Å²) in [6.45, 7) is 11.5. The molecule has 7 N–H and O–H groups in total. The lowest BCUT2D eigenvalue weighted by molar-refractivity contribution is 0.102. The number of sulfonamides is 1. The molecule has 2 aromatic carbocycles. The molecule has 0 atom stereocenters. The third-order valence-electron chi connectivity index (χ3n) is 7.01. The van der Waals surface area contributed by atoms with Gasteiger partial charge in [0.2, 0.25) is 10.0 Å². The quantitative estimate of drug-likeness (QED) is 0.169. The Balaban J connectivity index is 1.98. The number of nitrogens with zero attached hydrogens (tertiary/aromatic N) is 3. The Morgan fingerprint density at radius 1 is 1.16 bits per heavy atom. The van der Waals surface area contributed by atoms with Crippen molar-refractivity contribution in [2.75, 3.05) is 35.0 Å². The molecule has 13 heteroatoms. The number of hydrogen-bond acceptors (Lipinski definition) is 9. The molecule has 1 heterocycles. The molecule has 234 valence electrons. The van der Waals surface area contributed by atoms with Gasteiger partial charge in [-0.1, -0.05) is 40.7 Å². The van der Waals surface area contributed by atoms with Crippen molar-refractivity contribution in [2.45, 2.75) is 52.4 Å². The maximum Gasteiger partial charge on any atom is 0.255 e. The monoisotopic (exact) mass is 613 g/mol. The van der Waals surface area contributed by atoms with Gasteiger partial charge in [0.05, 0.1) is 54.6 Å². The van der Waals surface area contributed by atoms with Crippen molar-refractivity contribution in [3.8, 4) is 5.75 Å². The molecule has 0 saturated heterocycles. The standard InChI is InChI=1S/C30H43N7O5S/c1-18-10-11-19(12-24(18)37(32)16-21(31)25-15-33-28(36(25)7)30(5,6)17-38)27(39)34-22-13-20(29(2,3)4)14-23(26(22)42-8)35-43(9,40)41/h10-16,35,38H,17,31-32H2,1-9H3,(H,34,39)/b21-16-. The third-order valence-corrected chi connectivity index (χ3v) is 7.61. The summed E-state index contributed by atoms with van der Waals surface area (Å²) in [7, 11) is -0.411. The maximum absolute atomic E-state index is 13.5. The number of carbonyl (C=O) groups is 1. The molecule has 43 heavy (non-hydrogen) atoms. The zero-order valence-electron chi connectivity index (χ0n) is 26.2. The zero-order valence-corrected chi connectivity index (χ0v) is 27.0. The van der Waals surface area contributed by atoms with Crippen molar-refractivity contribution >= 4 is 38.7 Å². The number of hydrogen-bond donors (Lipinski definition) is 5. The zero-order chi connectivity index (χ0) is 32.5. The molecule has 0 saturated carbocycles. The lowest BCUT2D eigenvalue weighted by Crippen LogP contribution is -2.28. The van der Waals surface area contributed by atoms with E-state index in [1.54, 1.807) is 41.1 Å². The number of nitrogens with one attached hydrogen (secondary N) is 2. The molecule has 0 aliphatic rings. The number of benzene rings is 2. The van der Waals surface area contributed by atoms with Crippen LogP contribution in [0.3, 0.4) is 0 Å². The van der Waals surface area contributed by atoms with Gasteiger partial charge in [-0.2, -0.15) is 0 Å². The number of aromatic nitrogens is 2. The van der Waals surface area contributed by atoms with Crippen molar-refractivity contribution in [3.05, 3.63) is 70.9 Å². The first kappa shape index (κ1) is 33.4. The summed E-state index contributed by atoms with van der Waals surface area (Å²) in [6, 6.07) is 8.51. The van der Waals surface area contributed by atoms with Crippen LogP contribution in [0.2, 0.25) is 0 Å². The molecule has 12 nitrogen and oxygen atoms in total. The Bertz CT molecular complexity index is 1650. The Hall–Kier alpha value is -4.07. The first-order chi connectivity index (χ1) is 19.8. The molecule has 0 fully saturated rings. The second-order valence-electron chi connectivity index (χ2n) is 12.2. The van der Waals surface area contributed by atoms with E-state index in [4.69, 9.17) is 16.3 Å². The van der Waals surface area contributed by atoms with Crippen LogP contribution in [0, 0.1) is 6.92 Å². The summed E-state index contributed by atoms with van der Waals surface area (Å²) >= 11 is 0. The van der Waals surface area contributed by atoms with Crippen LogP contribution in [-0.2, 0) is 27.9 Å². The highest BCUT2D eigenvalue weighted by atomic mass is 32.2. The molecule has 0 aliphatic heterocycles. The van der Waals surface area contributed by atoms with E-state index >= 15 is 0 Å². The largest absolute Gasteiger partial charge is 0.492 e. The number of imidazole rings is 1. The first-order valence-corrected chi connectivity index (χ1v) is 15.4. The van der Waals surface area contributed by atoms with Crippen molar-refractivity contribution in [1.29, 1.82) is 0 Å². The first-order valence-electron chi connectivity index (χ1n) is 13.6. The van der Waals surface area contributed by atoms with Crippen LogP contribution in [0.5, 0.6) is 5.75 Å². The van der Waals surface area contributed by atoms with E-state index in [-0.39, 0.29) is 23.5 Å². The van der Waals surface area contributed by atoms with Gasteiger partial charge >= 0.3 is 0 Å². The second kappa shape index (κ2) is 12.3. The van der Waals surface area contributed by atoms with Crippen LogP contribution in [-0.4, -0.2) is 49.0 Å². The number of aryl methyl sites for hydroxylation is 1. The number of nitrogens with two attached hydrogens (primary N) is 2. The molecule has 0 bridgehead atoms. The lowest BCUT2D eigenvalue weighted by atomic mass is 9.86. The van der Waals surface area contributed by atoms with E-state index in [0.29, 0.717) is 34.2 Å². The highest BCUT2D eigenvalue weighted by molar-refractivity contribution is 7.92. The van der Waals surface area contributed by atoms with Gasteiger partial charge in [-0.3, -0.25) is 14.5 Å². The number of hydrazine groups is 1. The minimum atomic E-state index is -3.62. The van der Waals surface area contributed by atoms with Gasteiger partial charge in [-0.25, -0.2) is 19.2 Å². The number of anilines is 3. The summed E-state index contributed by atoms with van der Waals surface area (Å²) in [4.78, 5) is 17.9. The van der Waals surface area contributed by atoms with Crippen LogP contribution in [0.25, 0.3) is 5.70 Å². The summed E-state index contributed by atoms with van der Waals surface area (Å²) < 4.78 is 33.9. The topological polar surface area (TPSA) is 178 Å². The fraction of sp³-hybridized carbons (Fsp3) is 0.400. The average molecular weight is 614 g/mol. The van der Waals surface area contributed by atoms with E-state index in [1.165, 1.54) is 18.3 Å². The predicted octanol–water partition coefficient (Wildman–Crippen LogP) is 3.57. The van der Waals surface area contributed by atoms with E-state index in [9.17, 15) is 18.3 Å². The van der Waals surface area contributed by atoms with Gasteiger partial charge in [-0.05, 0) is 47.7 Å². The molecule has 0 spiro atoms. The van der Waals surface area contributed by atoms with Crippen LogP contribution in [0.4, 0.5) is 17.1 Å². The minimum absolute atomic E-state index is 0.0835. The predicted molar refractivity (Wildman–Crippen MR) is 171 cm³/mol. The number of carbonyl (C=O) groups excluding carboxylic acids is 1. The van der Waals surface area contributed by atoms with Gasteiger partial charge in [0.1, 0.15) is 5.82 Å². The normalized spacial score (nSPS) is 12.7. The molecular formula is C30H43N7O5S. The van der Waals surface area contributed by atoms with Crippen molar-refractivity contribution in [1.82, 2.24) is 9.55 Å². The Labute approximate surface area is 253 Å². The van der Waals surface area contributed by atoms with Gasteiger partial charge in [-0.15, -0.1) is 0 Å². The van der Waals surface area contributed by atoms with Gasteiger partial charge in [0, 0.05) is 24.2 Å². The fourth-order valence-electron chi connectivity index (χ4n) is 4.54. The molecule has 3 aromatic rings. The Morgan fingerprint density at radius 2 is 1.79 bits per heavy atom. The van der Waals surface area contributed by atoms with Crippen LogP contribution in [0.1, 0.15) is 67.6 Å². The van der Waals surface area contributed by atoms with Gasteiger partial charge in [0.25, 0.3) is 5.91 Å². The van der Waals surface area contributed by atoms with Crippen LogP contribution in [0.15, 0.2) is 42.7 Å². The van der Waals surface area contributed by atoms with E-state index in [2.05, 4.69) is 15.0 Å². The fourth-order valence-corrected chi connectivity index (χ4v) is 5.09. The summed E-state index contributed by atoms with van der Waals surface area (Å²) in [6.07, 6.45) is 4.20. The number of rotatable bonds is 10. The average Bonchev–Trinajstić information content (AvgIpc) is 3.29. The van der Waals surface area contributed by atoms with Crippen molar-refractivity contribution < 1.29 is 23.1 Å². The number of methoxy groups -OCH3 is 1. The van der Waals surface area contributed by atoms with Crippen LogP contribution < -0.4 is 31.4 Å². The molecule has 1 aromatic heterocycles. The SMILES string of the molecule is COc1c(NC(=O)c2ccc(C)c(N(N)/C=C(\N)c3cnc(C(C)(C)CO)n3C)c2)cc(C(C)(C)C)cc1NS(C)(=O)=O. The molecular weight excluding hydrogens is 570 g/mol. The highest BCUT2D eigenvalue weighted by Crippen LogP contribution is 2.39. The summed E-state index contributed by atoms with van der Waals surface area (Å²) in [5, 5.41) is 14.0. The maximum atomic E-state index is 13.5. The molecule has 3 rings (SSSR count). The second-order valence-corrected chi connectivity index (χ2v) is 14.0. The minimum Gasteiger partial charge on any atom is -0.492 e. The van der Waals surface area contributed by atoms with Gasteiger partial charge < -0.3 is 25.5 Å². The number of aliphatic hydroxyl groups excluding tert-OH is 1. The molecule has 0 radical (unpaired) electrons. The third kappa shape index (κ3) is 7.66. The highest BCUT2D eigenvalue weighted by Gasteiger charge is 2.26. The van der Waals surface area contributed by atoms with Crippen LogP contribution >= 0.6 is 0 Å². The molecule has 0 unspecified atom stereocenters. The lowest BCUT2D eigenvalue weighted by Gasteiger charge is -2.24. The molecule has 1 amide bonds. The Morgan fingerprint density at radius 3 is 2.35 bits per heavy atom. The van der Waals surface area contributed by atoms with E-state index in [0.717, 1.165) is 17.4 Å². The molecule has 0 aliphatic carbocycles. The van der Waals surface area contributed by atoms with Crippen molar-refractivity contribution in [2.24, 2.45) is 18.6 Å². The number of ether oxygens (including phenoxy) is 1.